The maximum absolute atomic E-state index is 13.1. The molecule has 0 aliphatic heterocycles. The first-order valence-corrected chi connectivity index (χ1v) is 10.8. The van der Waals surface area contributed by atoms with Gasteiger partial charge in [-0.2, -0.15) is 5.10 Å². The predicted molar refractivity (Wildman–Crippen MR) is 122 cm³/mol. The first-order valence-electron chi connectivity index (χ1n) is 9.96. The molecule has 158 valence electrons. The number of aryl methyl sites for hydroxylation is 2. The number of carbonyl (C=O) groups excluding carboxylic acids is 2. The van der Waals surface area contributed by atoms with Crippen LogP contribution in [0.2, 0.25) is 0 Å². The Morgan fingerprint density at radius 1 is 1.03 bits per heavy atom. The Labute approximate surface area is 184 Å². The number of hydrogen-bond acceptors (Lipinski definition) is 5. The molecule has 0 radical (unpaired) electrons. The SMILES string of the molecule is Cc1cc(-c2cc(C(=O)NNC(=O)c3ccccc3)c3cnn(C(C)C)c3n2)c(C)s1. The van der Waals surface area contributed by atoms with E-state index >= 15 is 0 Å². The van der Waals surface area contributed by atoms with Crippen LogP contribution in [0.3, 0.4) is 0 Å². The second-order valence-corrected chi connectivity index (χ2v) is 9.04. The molecular weight excluding hydrogens is 410 g/mol. The fourth-order valence-electron chi connectivity index (χ4n) is 3.45. The van der Waals surface area contributed by atoms with Crippen LogP contribution in [0.5, 0.6) is 0 Å². The highest BCUT2D eigenvalue weighted by molar-refractivity contribution is 7.12. The molecule has 0 spiro atoms. The number of pyridine rings is 1. The van der Waals surface area contributed by atoms with Gasteiger partial charge >= 0.3 is 0 Å². The summed E-state index contributed by atoms with van der Waals surface area (Å²) in [6, 6.07) is 12.6. The number of hydrazine groups is 1. The van der Waals surface area contributed by atoms with Crippen LogP contribution in [0.25, 0.3) is 22.3 Å². The average molecular weight is 434 g/mol. The van der Waals surface area contributed by atoms with Gasteiger partial charge in [-0.05, 0) is 52.0 Å². The summed E-state index contributed by atoms with van der Waals surface area (Å²) in [7, 11) is 0. The minimum absolute atomic E-state index is 0.0826. The van der Waals surface area contributed by atoms with Crippen molar-refractivity contribution < 1.29 is 9.59 Å². The molecule has 0 aliphatic rings. The monoisotopic (exact) mass is 433 g/mol. The Kier molecular flexibility index (Phi) is 5.56. The molecule has 0 atom stereocenters. The van der Waals surface area contributed by atoms with Crippen LogP contribution in [0.4, 0.5) is 0 Å². The van der Waals surface area contributed by atoms with E-state index in [0.29, 0.717) is 27.9 Å². The molecule has 0 aliphatic carbocycles. The summed E-state index contributed by atoms with van der Waals surface area (Å²) >= 11 is 1.69. The third-order valence-electron chi connectivity index (χ3n) is 4.94. The number of benzene rings is 1. The molecule has 0 fully saturated rings. The molecule has 1 aromatic carbocycles. The topological polar surface area (TPSA) is 88.9 Å². The van der Waals surface area contributed by atoms with Gasteiger partial charge in [0.1, 0.15) is 0 Å². The first kappa shape index (κ1) is 20.7. The van der Waals surface area contributed by atoms with Crippen molar-refractivity contribution in [3.63, 3.8) is 0 Å². The number of aromatic nitrogens is 3. The zero-order valence-corrected chi connectivity index (χ0v) is 18.6. The third kappa shape index (κ3) is 4.06. The Bertz CT molecular complexity index is 1270. The fourth-order valence-corrected chi connectivity index (χ4v) is 4.38. The largest absolute Gasteiger partial charge is 0.270 e. The fraction of sp³-hybridized carbons (Fsp3) is 0.217. The smallest absolute Gasteiger partial charge is 0.267 e. The lowest BCUT2D eigenvalue weighted by atomic mass is 10.1. The number of amides is 2. The molecule has 3 heterocycles. The Morgan fingerprint density at radius 2 is 1.74 bits per heavy atom. The minimum Gasteiger partial charge on any atom is -0.267 e. The summed E-state index contributed by atoms with van der Waals surface area (Å²) < 4.78 is 1.80. The van der Waals surface area contributed by atoms with Gasteiger partial charge in [0.15, 0.2) is 5.65 Å². The lowest BCUT2D eigenvalue weighted by Crippen LogP contribution is -2.41. The third-order valence-corrected chi connectivity index (χ3v) is 5.91. The molecule has 2 amide bonds. The van der Waals surface area contributed by atoms with Crippen LogP contribution in [0, 0.1) is 13.8 Å². The Hall–Kier alpha value is -3.52. The van der Waals surface area contributed by atoms with Gasteiger partial charge in [-0.1, -0.05) is 18.2 Å². The maximum Gasteiger partial charge on any atom is 0.270 e. The van der Waals surface area contributed by atoms with Crippen LogP contribution >= 0.6 is 11.3 Å². The molecule has 4 rings (SSSR count). The Balaban J connectivity index is 1.72. The first-order chi connectivity index (χ1) is 14.8. The van der Waals surface area contributed by atoms with Crippen molar-refractivity contribution >= 4 is 34.2 Å². The van der Waals surface area contributed by atoms with Crippen LogP contribution in [0.1, 0.15) is 50.4 Å². The highest BCUT2D eigenvalue weighted by atomic mass is 32.1. The van der Waals surface area contributed by atoms with Gasteiger partial charge < -0.3 is 0 Å². The summed E-state index contributed by atoms with van der Waals surface area (Å²) in [5.41, 5.74) is 8.20. The van der Waals surface area contributed by atoms with E-state index in [4.69, 9.17) is 4.98 Å². The summed E-state index contributed by atoms with van der Waals surface area (Å²) in [5.74, 6) is -0.813. The van der Waals surface area contributed by atoms with Crippen molar-refractivity contribution in [2.45, 2.75) is 33.7 Å². The standard InChI is InChI=1S/C23H23N5O2S/c1-13(2)28-21-19(12-24-28)18(11-20(25-21)17-10-14(3)31-15(17)4)23(30)27-26-22(29)16-8-6-5-7-9-16/h5-13H,1-4H3,(H,26,29)(H,27,30). The summed E-state index contributed by atoms with van der Waals surface area (Å²) in [5, 5.41) is 5.07. The van der Waals surface area contributed by atoms with Gasteiger partial charge in [-0.15, -0.1) is 11.3 Å². The molecule has 3 aromatic heterocycles. The van der Waals surface area contributed by atoms with Gasteiger partial charge in [0, 0.05) is 26.9 Å². The van der Waals surface area contributed by atoms with E-state index in [1.165, 1.54) is 4.88 Å². The van der Waals surface area contributed by atoms with E-state index in [1.807, 2.05) is 33.8 Å². The molecule has 8 heteroatoms. The van der Waals surface area contributed by atoms with E-state index in [1.54, 1.807) is 52.5 Å². The van der Waals surface area contributed by atoms with Gasteiger partial charge in [-0.25, -0.2) is 9.67 Å². The number of fused-ring (bicyclic) bond motifs is 1. The predicted octanol–water partition coefficient (Wildman–Crippen LogP) is 4.43. The van der Waals surface area contributed by atoms with Crippen molar-refractivity contribution in [2.75, 3.05) is 0 Å². The van der Waals surface area contributed by atoms with E-state index in [2.05, 4.69) is 22.0 Å². The van der Waals surface area contributed by atoms with E-state index in [0.717, 1.165) is 10.4 Å². The molecule has 0 saturated carbocycles. The van der Waals surface area contributed by atoms with E-state index in [9.17, 15) is 9.59 Å². The number of nitrogens with one attached hydrogen (secondary N) is 2. The van der Waals surface area contributed by atoms with Crippen LogP contribution in [-0.4, -0.2) is 26.6 Å². The number of hydrogen-bond donors (Lipinski definition) is 2. The van der Waals surface area contributed by atoms with Crippen molar-refractivity contribution in [1.29, 1.82) is 0 Å². The number of nitrogens with zero attached hydrogens (tertiary/aromatic N) is 3. The zero-order valence-electron chi connectivity index (χ0n) is 17.8. The van der Waals surface area contributed by atoms with Gasteiger partial charge in [0.2, 0.25) is 0 Å². The van der Waals surface area contributed by atoms with E-state index < -0.39 is 5.91 Å². The van der Waals surface area contributed by atoms with Gasteiger partial charge in [-0.3, -0.25) is 20.4 Å². The summed E-state index contributed by atoms with van der Waals surface area (Å²) in [6.45, 7) is 8.12. The van der Waals surface area contributed by atoms with Crippen molar-refractivity contribution in [1.82, 2.24) is 25.6 Å². The maximum atomic E-state index is 13.1. The second kappa shape index (κ2) is 8.31. The lowest BCUT2D eigenvalue weighted by molar-refractivity contribution is 0.0847. The highest BCUT2D eigenvalue weighted by Crippen LogP contribution is 2.32. The van der Waals surface area contributed by atoms with Crippen molar-refractivity contribution in [3.8, 4) is 11.3 Å². The summed E-state index contributed by atoms with van der Waals surface area (Å²) in [4.78, 5) is 32.5. The average Bonchev–Trinajstić information content (AvgIpc) is 3.34. The van der Waals surface area contributed by atoms with E-state index in [-0.39, 0.29) is 11.9 Å². The highest BCUT2D eigenvalue weighted by Gasteiger charge is 2.20. The van der Waals surface area contributed by atoms with Gasteiger partial charge in [0.05, 0.1) is 22.8 Å². The van der Waals surface area contributed by atoms with Crippen LogP contribution in [-0.2, 0) is 0 Å². The molecule has 0 saturated heterocycles. The Morgan fingerprint density at radius 3 is 2.39 bits per heavy atom. The zero-order chi connectivity index (χ0) is 22.1. The van der Waals surface area contributed by atoms with Gasteiger partial charge in [0.25, 0.3) is 11.8 Å². The van der Waals surface area contributed by atoms with Crippen molar-refractivity contribution in [2.24, 2.45) is 0 Å². The number of thiophene rings is 1. The van der Waals surface area contributed by atoms with Crippen molar-refractivity contribution in [3.05, 3.63) is 69.5 Å². The van der Waals surface area contributed by atoms with Crippen LogP contribution in [0.15, 0.2) is 48.7 Å². The van der Waals surface area contributed by atoms with Crippen LogP contribution < -0.4 is 10.9 Å². The molecule has 7 nitrogen and oxygen atoms in total. The second-order valence-electron chi connectivity index (χ2n) is 7.58. The minimum atomic E-state index is -0.425. The molecule has 2 N–H and O–H groups in total. The lowest BCUT2D eigenvalue weighted by Gasteiger charge is -2.11. The molecule has 31 heavy (non-hydrogen) atoms. The quantitative estimate of drug-likeness (QED) is 0.466. The molecule has 0 unspecified atom stereocenters. The number of rotatable bonds is 4. The normalized spacial score (nSPS) is 11.1. The molecular formula is C23H23N5O2S. The molecule has 4 aromatic rings. The molecule has 0 bridgehead atoms. The summed E-state index contributed by atoms with van der Waals surface area (Å²) in [6.07, 6.45) is 1.64. The number of carbonyl (C=O) groups is 2.